The van der Waals surface area contributed by atoms with Crippen molar-refractivity contribution in [2.75, 3.05) is 6.61 Å². The Hall–Kier alpha value is 0.471. The number of benzene rings is 1. The zero-order valence-corrected chi connectivity index (χ0v) is 15.2. The first-order valence-corrected chi connectivity index (χ1v) is 6.45. The van der Waals surface area contributed by atoms with Gasteiger partial charge in [-0.2, -0.15) is 0 Å². The van der Waals surface area contributed by atoms with E-state index >= 15 is 0 Å². The molecule has 1 aliphatic heterocycles. The molecular weight excluding hydrogens is 295 g/mol. The normalized spacial score (nSPS) is 22.4. The average molecular weight is 312 g/mol. The minimum Gasteiger partial charge on any atom is -0.494 e. The number of rotatable bonds is 4. The van der Waals surface area contributed by atoms with Crippen molar-refractivity contribution >= 4 is 12.4 Å². The van der Waals surface area contributed by atoms with Crippen molar-refractivity contribution in [1.82, 2.24) is 0 Å². The summed E-state index contributed by atoms with van der Waals surface area (Å²) >= 11 is 0. The van der Waals surface area contributed by atoms with Crippen molar-refractivity contribution in [3.63, 3.8) is 0 Å². The number of hydrogen-bond donors (Lipinski definition) is 0. The van der Waals surface area contributed by atoms with Crippen molar-refractivity contribution in [1.29, 1.82) is 0 Å². The van der Waals surface area contributed by atoms with Crippen molar-refractivity contribution in [2.24, 2.45) is 0 Å². The molecule has 2 unspecified atom stereocenters. The van der Waals surface area contributed by atoms with Crippen LogP contribution in [0.2, 0.25) is 0 Å². The molecule has 0 aliphatic carbocycles. The molecule has 0 spiro atoms. The van der Waals surface area contributed by atoms with Crippen LogP contribution < -0.4 is 61.6 Å². The third-order valence-corrected chi connectivity index (χ3v) is 3.26. The molecule has 1 heterocycles. The minimum atomic E-state index is -5.06. The zero-order valence-electron chi connectivity index (χ0n) is 12.0. The van der Waals surface area contributed by atoms with E-state index in [1.54, 1.807) is 13.0 Å². The molecule has 1 aromatic rings. The van der Waals surface area contributed by atoms with Gasteiger partial charge in [0.15, 0.2) is 0 Å². The van der Waals surface area contributed by atoms with Gasteiger partial charge < -0.3 is 22.4 Å². The van der Waals surface area contributed by atoms with Crippen molar-refractivity contribution in [3.05, 3.63) is 23.8 Å². The third kappa shape index (κ3) is 5.03. The first kappa shape index (κ1) is 18.5. The zero-order chi connectivity index (χ0) is 14.0. The summed E-state index contributed by atoms with van der Waals surface area (Å²) in [6.45, 7) is -1.29. The summed E-state index contributed by atoms with van der Waals surface area (Å²) in [7, 11) is 0. The Morgan fingerprint density at radius 1 is 1.30 bits per heavy atom. The summed E-state index contributed by atoms with van der Waals surface area (Å²) in [4.78, 5) is 0. The molecule has 0 saturated carbocycles. The molecule has 0 aromatic heterocycles. The van der Waals surface area contributed by atoms with Crippen LogP contribution in [0.25, 0.3) is 0 Å². The quantitative estimate of drug-likeness (QED) is 0.729. The van der Waals surface area contributed by atoms with Crippen LogP contribution in [0.15, 0.2) is 18.2 Å². The molecule has 0 N–H and O–H groups in total. The first-order chi connectivity index (χ1) is 8.86. The number of halogens is 3. The molecule has 0 bridgehead atoms. The van der Waals surface area contributed by atoms with E-state index in [1.807, 2.05) is 6.92 Å². The Balaban J connectivity index is 0.00000200. The molecule has 1 fully saturated rings. The number of ether oxygens (including phenoxy) is 2. The van der Waals surface area contributed by atoms with Gasteiger partial charge in [-0.05, 0) is 32.8 Å². The average Bonchev–Trinajstić information content (AvgIpc) is 2.72. The summed E-state index contributed by atoms with van der Waals surface area (Å²) in [5.41, 5.74) is -0.0849. The minimum absolute atomic E-state index is 0. The molecule has 2 atom stereocenters. The molecule has 1 aliphatic rings. The molecule has 0 radical (unpaired) electrons. The summed E-state index contributed by atoms with van der Waals surface area (Å²) in [6.07, 6.45) is 1.82. The van der Waals surface area contributed by atoms with E-state index in [2.05, 4.69) is 0 Å². The van der Waals surface area contributed by atoms with Gasteiger partial charge in [0, 0.05) is 0 Å². The second kappa shape index (κ2) is 7.65. The van der Waals surface area contributed by atoms with Crippen LogP contribution in [0.3, 0.4) is 0 Å². The topological polar surface area (TPSA) is 18.5 Å². The SMILES string of the molecule is Cc1ccc(OCC2CCC(C)O2)c([B-](F)(F)F)c1.[K+]. The maximum atomic E-state index is 12.9. The molecule has 2 rings (SSSR count). The van der Waals surface area contributed by atoms with Crippen molar-refractivity contribution in [3.8, 4) is 5.75 Å². The van der Waals surface area contributed by atoms with Crippen molar-refractivity contribution in [2.45, 2.75) is 38.9 Å². The summed E-state index contributed by atoms with van der Waals surface area (Å²) in [5.74, 6) is -0.0961. The third-order valence-electron chi connectivity index (χ3n) is 3.26. The Morgan fingerprint density at radius 3 is 2.55 bits per heavy atom. The first-order valence-electron chi connectivity index (χ1n) is 6.45. The van der Waals surface area contributed by atoms with Crippen LogP contribution in [0.5, 0.6) is 5.75 Å². The molecule has 7 heteroatoms. The van der Waals surface area contributed by atoms with E-state index in [0.717, 1.165) is 18.9 Å². The smallest absolute Gasteiger partial charge is 0.494 e. The van der Waals surface area contributed by atoms with Gasteiger partial charge in [0.2, 0.25) is 0 Å². The van der Waals surface area contributed by atoms with Crippen LogP contribution in [-0.2, 0) is 4.74 Å². The number of hydrogen-bond acceptors (Lipinski definition) is 2. The van der Waals surface area contributed by atoms with Gasteiger partial charge in [-0.1, -0.05) is 23.2 Å². The molecule has 2 nitrogen and oxygen atoms in total. The van der Waals surface area contributed by atoms with E-state index in [0.29, 0.717) is 5.56 Å². The maximum absolute atomic E-state index is 12.9. The van der Waals surface area contributed by atoms with Crippen molar-refractivity contribution < 1.29 is 73.8 Å². The molecule has 0 amide bonds. The second-order valence-corrected chi connectivity index (χ2v) is 5.07. The van der Waals surface area contributed by atoms with E-state index in [9.17, 15) is 12.9 Å². The molecule has 1 aromatic carbocycles. The predicted molar refractivity (Wildman–Crippen MR) is 69.0 cm³/mol. The van der Waals surface area contributed by atoms with E-state index in [1.165, 1.54) is 6.07 Å². The Kier molecular flexibility index (Phi) is 7.08. The van der Waals surface area contributed by atoms with Crippen LogP contribution in [0.4, 0.5) is 12.9 Å². The van der Waals surface area contributed by atoms with Gasteiger partial charge in [-0.25, -0.2) is 0 Å². The Labute approximate surface area is 159 Å². The molecule has 106 valence electrons. The fourth-order valence-electron chi connectivity index (χ4n) is 2.25. The second-order valence-electron chi connectivity index (χ2n) is 5.07. The van der Waals surface area contributed by atoms with Gasteiger partial charge in [0.05, 0.1) is 18.0 Å². The van der Waals surface area contributed by atoms with E-state index in [-0.39, 0.29) is 75.9 Å². The van der Waals surface area contributed by atoms with Gasteiger partial charge >= 0.3 is 58.4 Å². The van der Waals surface area contributed by atoms with Crippen LogP contribution in [0, 0.1) is 6.92 Å². The summed E-state index contributed by atoms with van der Waals surface area (Å²) < 4.78 is 49.7. The standard InChI is InChI=1S/C13H17BF3O2.K/c1-9-3-6-13(12(7-9)14(15,16)17)18-8-11-5-4-10(2)19-11;/h3,6-7,10-11H,4-5,8H2,1-2H3;/q-1;+1. The summed E-state index contributed by atoms with van der Waals surface area (Å²) in [6, 6.07) is 4.14. The predicted octanol–water partition coefficient (Wildman–Crippen LogP) is -0.000280. The van der Waals surface area contributed by atoms with E-state index < -0.39 is 12.4 Å². The molecular formula is C13H17BF3KO2. The van der Waals surface area contributed by atoms with Crippen LogP contribution in [-0.4, -0.2) is 25.8 Å². The largest absolute Gasteiger partial charge is 1.00 e. The number of aryl methyl sites for hydroxylation is 1. The van der Waals surface area contributed by atoms with Crippen LogP contribution >= 0.6 is 0 Å². The van der Waals surface area contributed by atoms with Gasteiger partial charge in [0.1, 0.15) is 6.61 Å². The van der Waals surface area contributed by atoms with Gasteiger partial charge in [0.25, 0.3) is 0 Å². The summed E-state index contributed by atoms with van der Waals surface area (Å²) in [5, 5.41) is 0. The molecule has 20 heavy (non-hydrogen) atoms. The fourth-order valence-corrected chi connectivity index (χ4v) is 2.25. The van der Waals surface area contributed by atoms with Gasteiger partial charge in [-0.3, -0.25) is 0 Å². The Morgan fingerprint density at radius 2 is 2.00 bits per heavy atom. The molecule has 1 saturated heterocycles. The van der Waals surface area contributed by atoms with Crippen LogP contribution in [0.1, 0.15) is 25.3 Å². The van der Waals surface area contributed by atoms with Gasteiger partial charge in [-0.15, -0.1) is 0 Å². The Bertz CT molecular complexity index is 454. The fraction of sp³-hybridized carbons (Fsp3) is 0.538. The van der Waals surface area contributed by atoms with E-state index in [4.69, 9.17) is 9.47 Å². The maximum Gasteiger partial charge on any atom is 1.00 e. The monoisotopic (exact) mass is 312 g/mol.